The lowest BCUT2D eigenvalue weighted by Gasteiger charge is -2.06. The molecule has 0 radical (unpaired) electrons. The second kappa shape index (κ2) is 6.62. The van der Waals surface area contributed by atoms with E-state index in [0.717, 1.165) is 27.7 Å². The molecule has 3 rings (SSSR count). The minimum Gasteiger partial charge on any atom is -0.354 e. The van der Waals surface area contributed by atoms with Crippen LogP contribution in [-0.4, -0.2) is 18.0 Å². The van der Waals surface area contributed by atoms with Crippen LogP contribution in [0.5, 0.6) is 0 Å². The second-order valence-electron chi connectivity index (χ2n) is 5.26. The lowest BCUT2D eigenvalue weighted by atomic mass is 10.0. The van der Waals surface area contributed by atoms with E-state index in [2.05, 4.69) is 15.3 Å². The van der Waals surface area contributed by atoms with Gasteiger partial charge in [-0.15, -0.1) is 0 Å². The summed E-state index contributed by atoms with van der Waals surface area (Å²) < 4.78 is 13.6. The van der Waals surface area contributed by atoms with Crippen LogP contribution in [0.2, 0.25) is 0 Å². The van der Waals surface area contributed by atoms with Crippen LogP contribution in [0.25, 0.3) is 22.2 Å². The number of amides is 1. The van der Waals surface area contributed by atoms with Gasteiger partial charge in [0, 0.05) is 23.0 Å². The second-order valence-corrected chi connectivity index (χ2v) is 5.26. The summed E-state index contributed by atoms with van der Waals surface area (Å²) >= 11 is 0. The first-order valence-corrected chi connectivity index (χ1v) is 7.36. The van der Waals surface area contributed by atoms with Gasteiger partial charge in [0.05, 0.1) is 7.11 Å². The highest BCUT2D eigenvalue weighted by atomic mass is 19.1. The van der Waals surface area contributed by atoms with E-state index in [4.69, 9.17) is 0 Å². The zero-order valence-electron chi connectivity index (χ0n) is 12.7. The number of hydrogen-bond donors (Lipinski definition) is 2. The molecule has 3 aromatic rings. The van der Waals surface area contributed by atoms with Gasteiger partial charge in [0.25, 0.3) is 0 Å². The Labute approximate surface area is 133 Å². The molecule has 118 valence electrons. The minimum absolute atomic E-state index is 0.211. The fourth-order valence-electron chi connectivity index (χ4n) is 2.73. The van der Waals surface area contributed by atoms with Crippen LogP contribution >= 0.6 is 0 Å². The standard InChI is InChI=1S/C18H17FN2O2/c1-23-21-17(22)10-8-14-15-11-13(19)7-9-16(15)20-18(14)12-5-3-2-4-6-12/h2-7,9,11,20H,8,10H2,1H3,(H,21,22). The summed E-state index contributed by atoms with van der Waals surface area (Å²) in [6.07, 6.45) is 0.750. The molecule has 2 aromatic carbocycles. The number of carbonyl (C=O) groups excluding carboxylic acids is 1. The molecule has 0 aliphatic heterocycles. The van der Waals surface area contributed by atoms with Crippen LogP contribution in [0.4, 0.5) is 4.39 Å². The third-order valence-electron chi connectivity index (χ3n) is 3.75. The number of H-pyrrole nitrogens is 1. The Hall–Kier alpha value is -2.66. The maximum absolute atomic E-state index is 13.6. The van der Waals surface area contributed by atoms with Gasteiger partial charge in [-0.25, -0.2) is 9.87 Å². The van der Waals surface area contributed by atoms with Crippen LogP contribution in [0.1, 0.15) is 12.0 Å². The zero-order chi connectivity index (χ0) is 16.2. The number of hydrogen-bond acceptors (Lipinski definition) is 2. The maximum atomic E-state index is 13.6. The van der Waals surface area contributed by atoms with Gasteiger partial charge >= 0.3 is 0 Å². The van der Waals surface area contributed by atoms with Crippen LogP contribution in [0.3, 0.4) is 0 Å². The van der Waals surface area contributed by atoms with Crippen molar-refractivity contribution in [3.05, 3.63) is 59.9 Å². The molecular weight excluding hydrogens is 295 g/mol. The molecule has 2 N–H and O–H groups in total. The summed E-state index contributed by atoms with van der Waals surface area (Å²) in [6.45, 7) is 0. The van der Waals surface area contributed by atoms with E-state index >= 15 is 0 Å². The van der Waals surface area contributed by atoms with Gasteiger partial charge in [0.15, 0.2) is 0 Å². The molecule has 0 saturated heterocycles. The van der Waals surface area contributed by atoms with Crippen molar-refractivity contribution in [2.75, 3.05) is 7.11 Å². The monoisotopic (exact) mass is 312 g/mol. The number of halogens is 1. The fraction of sp³-hybridized carbons (Fsp3) is 0.167. The maximum Gasteiger partial charge on any atom is 0.243 e. The Balaban J connectivity index is 2.04. The Morgan fingerprint density at radius 3 is 2.74 bits per heavy atom. The molecule has 0 aliphatic rings. The molecule has 1 heterocycles. The molecule has 0 fully saturated rings. The van der Waals surface area contributed by atoms with Crippen molar-refractivity contribution >= 4 is 16.8 Å². The van der Waals surface area contributed by atoms with Gasteiger partial charge in [-0.1, -0.05) is 30.3 Å². The lowest BCUT2D eigenvalue weighted by molar-refractivity contribution is -0.131. The molecular formula is C18H17FN2O2. The number of fused-ring (bicyclic) bond motifs is 1. The van der Waals surface area contributed by atoms with Gasteiger partial charge in [-0.2, -0.15) is 0 Å². The van der Waals surface area contributed by atoms with Crippen molar-refractivity contribution in [3.63, 3.8) is 0 Å². The molecule has 0 atom stereocenters. The number of carbonyl (C=O) groups is 1. The zero-order valence-corrected chi connectivity index (χ0v) is 12.7. The molecule has 5 heteroatoms. The topological polar surface area (TPSA) is 54.1 Å². The van der Waals surface area contributed by atoms with Crippen molar-refractivity contribution in [2.24, 2.45) is 0 Å². The largest absolute Gasteiger partial charge is 0.354 e. The summed E-state index contributed by atoms with van der Waals surface area (Å²) in [5.74, 6) is -0.504. The number of hydroxylamine groups is 1. The average Bonchev–Trinajstić information content (AvgIpc) is 2.92. The number of aromatic amines is 1. The summed E-state index contributed by atoms with van der Waals surface area (Å²) in [6, 6.07) is 14.5. The first-order chi connectivity index (χ1) is 11.2. The van der Waals surface area contributed by atoms with E-state index in [9.17, 15) is 9.18 Å². The van der Waals surface area contributed by atoms with E-state index in [0.29, 0.717) is 6.42 Å². The van der Waals surface area contributed by atoms with Crippen molar-refractivity contribution in [1.29, 1.82) is 0 Å². The molecule has 0 unspecified atom stereocenters. The Morgan fingerprint density at radius 2 is 2.00 bits per heavy atom. The first-order valence-electron chi connectivity index (χ1n) is 7.36. The predicted octanol–water partition coefficient (Wildman–Crippen LogP) is 3.58. The number of rotatable bonds is 5. The van der Waals surface area contributed by atoms with Crippen molar-refractivity contribution in [1.82, 2.24) is 10.5 Å². The molecule has 0 spiro atoms. The molecule has 23 heavy (non-hydrogen) atoms. The van der Waals surface area contributed by atoms with Crippen molar-refractivity contribution in [3.8, 4) is 11.3 Å². The summed E-state index contributed by atoms with van der Waals surface area (Å²) in [5.41, 5.74) is 6.00. The van der Waals surface area contributed by atoms with Crippen molar-refractivity contribution < 1.29 is 14.0 Å². The van der Waals surface area contributed by atoms with Gasteiger partial charge < -0.3 is 4.98 Å². The van der Waals surface area contributed by atoms with Gasteiger partial charge in [-0.05, 0) is 35.7 Å². The van der Waals surface area contributed by atoms with Crippen LogP contribution in [0.15, 0.2) is 48.5 Å². The fourth-order valence-corrected chi connectivity index (χ4v) is 2.73. The smallest absolute Gasteiger partial charge is 0.243 e. The highest BCUT2D eigenvalue weighted by Gasteiger charge is 2.15. The SMILES string of the molecule is CONC(=O)CCc1c(-c2ccccc2)[nH]c2ccc(F)cc12. The van der Waals surface area contributed by atoms with E-state index in [1.165, 1.54) is 19.2 Å². The number of aromatic nitrogens is 1. The molecule has 1 amide bonds. The lowest BCUT2D eigenvalue weighted by Crippen LogP contribution is -2.21. The minimum atomic E-state index is -0.293. The van der Waals surface area contributed by atoms with Crippen LogP contribution in [-0.2, 0) is 16.1 Å². The molecule has 0 bridgehead atoms. The van der Waals surface area contributed by atoms with E-state index in [-0.39, 0.29) is 18.1 Å². The average molecular weight is 312 g/mol. The summed E-state index contributed by atoms with van der Waals surface area (Å²) in [7, 11) is 1.40. The van der Waals surface area contributed by atoms with Crippen LogP contribution in [0, 0.1) is 5.82 Å². The van der Waals surface area contributed by atoms with Gasteiger partial charge in [0.2, 0.25) is 5.91 Å². The van der Waals surface area contributed by atoms with E-state index in [1.54, 1.807) is 6.07 Å². The summed E-state index contributed by atoms with van der Waals surface area (Å²) in [4.78, 5) is 19.6. The highest BCUT2D eigenvalue weighted by Crippen LogP contribution is 2.31. The van der Waals surface area contributed by atoms with Gasteiger partial charge in [0.1, 0.15) is 5.82 Å². The van der Waals surface area contributed by atoms with Crippen LogP contribution < -0.4 is 5.48 Å². The number of aryl methyl sites for hydroxylation is 1. The number of nitrogens with one attached hydrogen (secondary N) is 2. The third-order valence-corrected chi connectivity index (χ3v) is 3.75. The summed E-state index contributed by atoms with van der Waals surface area (Å²) in [5, 5.41) is 0.800. The Kier molecular flexibility index (Phi) is 4.39. The molecule has 1 aromatic heterocycles. The van der Waals surface area contributed by atoms with Crippen molar-refractivity contribution in [2.45, 2.75) is 12.8 Å². The molecule has 0 aliphatic carbocycles. The third kappa shape index (κ3) is 3.24. The Morgan fingerprint density at radius 1 is 1.22 bits per heavy atom. The normalized spacial score (nSPS) is 10.9. The van der Waals surface area contributed by atoms with Gasteiger partial charge in [-0.3, -0.25) is 9.63 Å². The quantitative estimate of drug-likeness (QED) is 0.708. The Bertz CT molecular complexity index is 828. The molecule has 0 saturated carbocycles. The van der Waals surface area contributed by atoms with E-state index in [1.807, 2.05) is 30.3 Å². The number of benzene rings is 2. The van der Waals surface area contributed by atoms with E-state index < -0.39 is 0 Å². The predicted molar refractivity (Wildman–Crippen MR) is 87.2 cm³/mol. The highest BCUT2D eigenvalue weighted by molar-refractivity contribution is 5.91. The molecule has 4 nitrogen and oxygen atoms in total. The first kappa shape index (κ1) is 15.2.